The van der Waals surface area contributed by atoms with Crippen molar-refractivity contribution in [1.29, 1.82) is 0 Å². The number of hydrogen-bond acceptors (Lipinski definition) is 5. The summed E-state index contributed by atoms with van der Waals surface area (Å²) >= 11 is 0. The Morgan fingerprint density at radius 2 is 1.46 bits per heavy atom. The fraction of sp³-hybridized carbons (Fsp3) is 0.500. The van der Waals surface area contributed by atoms with E-state index in [-0.39, 0.29) is 25.0 Å². The molecule has 9 heteroatoms. The van der Waals surface area contributed by atoms with Crippen LogP contribution in [-0.4, -0.2) is 90.1 Å². The Morgan fingerprint density at radius 3 is 1.98 bits per heavy atom. The Bertz CT molecular complexity index is 1230. The van der Waals surface area contributed by atoms with Crippen LogP contribution in [0, 0.1) is 5.92 Å². The second kappa shape index (κ2) is 13.2. The van der Waals surface area contributed by atoms with Gasteiger partial charge in [0.15, 0.2) is 0 Å². The van der Waals surface area contributed by atoms with Crippen molar-refractivity contribution in [2.45, 2.75) is 63.5 Å². The molecule has 2 atom stereocenters. The quantitative estimate of drug-likeness (QED) is 0.428. The van der Waals surface area contributed by atoms with Gasteiger partial charge in [0.1, 0.15) is 18.7 Å². The lowest BCUT2D eigenvalue weighted by Gasteiger charge is -2.38. The SMILES string of the molecule is CCCN(C(=O)[C@H](C1CCCC1)N(C)C(=O)OCC1c2ccccc2-c2ccccc21)[C@@H](CC(=O)O)C(=O)N(C)C. The van der Waals surface area contributed by atoms with Gasteiger partial charge in [-0.1, -0.05) is 68.3 Å². The zero-order chi connectivity index (χ0) is 29.7. The van der Waals surface area contributed by atoms with E-state index in [1.54, 1.807) is 21.1 Å². The molecule has 0 aromatic heterocycles. The number of rotatable bonds is 11. The average molecular weight is 564 g/mol. The van der Waals surface area contributed by atoms with E-state index in [0.717, 1.165) is 47.9 Å². The van der Waals surface area contributed by atoms with Crippen LogP contribution < -0.4 is 0 Å². The van der Waals surface area contributed by atoms with Gasteiger partial charge in [-0.05, 0) is 47.4 Å². The lowest BCUT2D eigenvalue weighted by molar-refractivity contribution is -0.152. The number of benzene rings is 2. The minimum Gasteiger partial charge on any atom is -0.481 e. The molecule has 2 aliphatic rings. The van der Waals surface area contributed by atoms with E-state index in [9.17, 15) is 24.3 Å². The summed E-state index contributed by atoms with van der Waals surface area (Å²) in [4.78, 5) is 56.6. The summed E-state index contributed by atoms with van der Waals surface area (Å²) in [5, 5.41) is 9.58. The van der Waals surface area contributed by atoms with Crippen molar-refractivity contribution in [2.75, 3.05) is 34.3 Å². The highest BCUT2D eigenvalue weighted by atomic mass is 16.6. The number of carbonyl (C=O) groups is 4. The minimum atomic E-state index is -1.17. The number of carboxylic acid groups (broad SMARTS) is 1. The van der Waals surface area contributed by atoms with Crippen LogP contribution in [0.2, 0.25) is 0 Å². The molecular weight excluding hydrogens is 522 g/mol. The third-order valence-electron chi connectivity index (χ3n) is 8.36. The Labute approximate surface area is 242 Å². The number of fused-ring (bicyclic) bond motifs is 3. The van der Waals surface area contributed by atoms with Crippen molar-refractivity contribution in [2.24, 2.45) is 5.92 Å². The van der Waals surface area contributed by atoms with Gasteiger partial charge >= 0.3 is 12.1 Å². The fourth-order valence-electron chi connectivity index (χ4n) is 6.39. The Kier molecular flexibility index (Phi) is 9.68. The number of hydrogen-bond donors (Lipinski definition) is 1. The Balaban J connectivity index is 1.58. The molecule has 1 N–H and O–H groups in total. The highest BCUT2D eigenvalue weighted by Gasteiger charge is 2.43. The maximum atomic E-state index is 14.2. The smallest absolute Gasteiger partial charge is 0.410 e. The number of amides is 3. The highest BCUT2D eigenvalue weighted by molar-refractivity contribution is 5.93. The minimum absolute atomic E-state index is 0.104. The first-order valence-corrected chi connectivity index (χ1v) is 14.5. The molecule has 0 radical (unpaired) electrons. The van der Waals surface area contributed by atoms with Gasteiger partial charge in [0, 0.05) is 33.6 Å². The zero-order valence-corrected chi connectivity index (χ0v) is 24.4. The molecule has 2 aliphatic carbocycles. The molecule has 0 unspecified atom stereocenters. The van der Waals surface area contributed by atoms with Gasteiger partial charge in [-0.3, -0.25) is 19.3 Å². The van der Waals surface area contributed by atoms with Gasteiger partial charge in [-0.2, -0.15) is 0 Å². The second-order valence-corrected chi connectivity index (χ2v) is 11.3. The molecule has 9 nitrogen and oxygen atoms in total. The van der Waals surface area contributed by atoms with Crippen molar-refractivity contribution in [3.8, 4) is 11.1 Å². The molecule has 4 rings (SSSR count). The molecule has 0 spiro atoms. The summed E-state index contributed by atoms with van der Waals surface area (Å²) < 4.78 is 5.89. The summed E-state index contributed by atoms with van der Waals surface area (Å²) in [6.07, 6.45) is 2.84. The van der Waals surface area contributed by atoms with Gasteiger partial charge in [-0.25, -0.2) is 4.79 Å². The number of nitrogens with zero attached hydrogens (tertiary/aromatic N) is 3. The van der Waals surface area contributed by atoms with Crippen LogP contribution in [0.5, 0.6) is 0 Å². The van der Waals surface area contributed by atoms with Crippen molar-refractivity contribution < 1.29 is 29.0 Å². The van der Waals surface area contributed by atoms with E-state index >= 15 is 0 Å². The molecule has 41 heavy (non-hydrogen) atoms. The van der Waals surface area contributed by atoms with E-state index in [0.29, 0.717) is 6.42 Å². The van der Waals surface area contributed by atoms with Crippen molar-refractivity contribution in [3.63, 3.8) is 0 Å². The lowest BCUT2D eigenvalue weighted by Crippen LogP contribution is -2.58. The number of carbonyl (C=O) groups excluding carboxylic acids is 3. The van der Waals surface area contributed by atoms with Crippen LogP contribution in [0.3, 0.4) is 0 Å². The number of likely N-dealkylation sites (N-methyl/N-ethyl adjacent to an activating group) is 2. The predicted molar refractivity (Wildman–Crippen MR) is 155 cm³/mol. The first-order chi connectivity index (χ1) is 19.6. The molecule has 0 aliphatic heterocycles. The zero-order valence-electron chi connectivity index (χ0n) is 24.4. The molecular formula is C32H41N3O6. The van der Waals surface area contributed by atoms with Gasteiger partial charge in [-0.15, -0.1) is 0 Å². The summed E-state index contributed by atoms with van der Waals surface area (Å²) in [6, 6.07) is 14.2. The van der Waals surface area contributed by atoms with E-state index < -0.39 is 42.4 Å². The van der Waals surface area contributed by atoms with Gasteiger partial charge in [0.05, 0.1) is 6.42 Å². The highest BCUT2D eigenvalue weighted by Crippen LogP contribution is 2.44. The summed E-state index contributed by atoms with van der Waals surface area (Å²) in [5.41, 5.74) is 4.45. The maximum absolute atomic E-state index is 14.2. The molecule has 3 amide bonds. The maximum Gasteiger partial charge on any atom is 0.410 e. The largest absolute Gasteiger partial charge is 0.481 e. The third-order valence-corrected chi connectivity index (χ3v) is 8.36. The molecule has 2 aromatic carbocycles. The molecule has 2 aromatic rings. The van der Waals surface area contributed by atoms with Gasteiger partial charge in [0.25, 0.3) is 0 Å². The lowest BCUT2D eigenvalue weighted by atomic mass is 9.94. The van der Waals surface area contributed by atoms with Crippen molar-refractivity contribution in [1.82, 2.24) is 14.7 Å². The summed E-state index contributed by atoms with van der Waals surface area (Å²) in [7, 11) is 4.66. The Hall–Kier alpha value is -3.88. The molecule has 0 heterocycles. The standard InChI is InChI=1S/C32H41N3O6/c1-5-18-35(27(19-28(36)37)30(38)33(2)3)31(39)29(21-12-6-7-13-21)34(4)32(40)41-20-26-24-16-10-8-14-22(24)23-15-9-11-17-25(23)26/h8-11,14-17,21,26-27,29H,5-7,12-13,18-20H2,1-4H3,(H,36,37)/t27-,29-/m0/s1. The molecule has 220 valence electrons. The second-order valence-electron chi connectivity index (χ2n) is 11.3. The van der Waals surface area contributed by atoms with Crippen LogP contribution in [-0.2, 0) is 19.1 Å². The van der Waals surface area contributed by atoms with Crippen LogP contribution in [0.25, 0.3) is 11.1 Å². The molecule has 1 fully saturated rings. The third kappa shape index (κ3) is 6.39. The number of ether oxygens (including phenoxy) is 1. The number of aliphatic carboxylic acids is 1. The van der Waals surface area contributed by atoms with Crippen molar-refractivity contribution in [3.05, 3.63) is 59.7 Å². The molecule has 1 saturated carbocycles. The number of carboxylic acids is 1. The first-order valence-electron chi connectivity index (χ1n) is 14.5. The molecule has 0 bridgehead atoms. The Morgan fingerprint density at radius 1 is 0.902 bits per heavy atom. The van der Waals surface area contributed by atoms with Crippen LogP contribution in [0.15, 0.2) is 48.5 Å². The van der Waals surface area contributed by atoms with Crippen molar-refractivity contribution >= 4 is 23.9 Å². The van der Waals surface area contributed by atoms with Gasteiger partial charge < -0.3 is 19.6 Å². The first kappa shape index (κ1) is 30.1. The predicted octanol–water partition coefficient (Wildman–Crippen LogP) is 4.60. The van der Waals surface area contributed by atoms with E-state index in [4.69, 9.17) is 4.74 Å². The molecule has 0 saturated heterocycles. The van der Waals surface area contributed by atoms with Crippen LogP contribution in [0.1, 0.15) is 62.5 Å². The summed E-state index contributed by atoms with van der Waals surface area (Å²) in [5.74, 6) is -2.25. The van der Waals surface area contributed by atoms with E-state index in [1.807, 2.05) is 31.2 Å². The fourth-order valence-corrected chi connectivity index (χ4v) is 6.39. The van der Waals surface area contributed by atoms with Crippen LogP contribution in [0.4, 0.5) is 4.79 Å². The van der Waals surface area contributed by atoms with Crippen LogP contribution >= 0.6 is 0 Å². The van der Waals surface area contributed by atoms with E-state index in [2.05, 4.69) is 24.3 Å². The topological polar surface area (TPSA) is 107 Å². The van der Waals surface area contributed by atoms with E-state index in [1.165, 1.54) is 14.7 Å². The van der Waals surface area contributed by atoms with Gasteiger partial charge in [0.2, 0.25) is 11.8 Å². The average Bonchev–Trinajstić information content (AvgIpc) is 3.59. The summed E-state index contributed by atoms with van der Waals surface area (Å²) in [6.45, 7) is 2.21. The normalized spacial score (nSPS) is 15.9. The monoisotopic (exact) mass is 563 g/mol.